The Kier molecular flexibility index (Phi) is 6.93. The summed E-state index contributed by atoms with van der Waals surface area (Å²) in [7, 11) is 0. The summed E-state index contributed by atoms with van der Waals surface area (Å²) in [5.74, 6) is -4.67. The first-order chi connectivity index (χ1) is 12.0. The Bertz CT molecular complexity index is 586. The van der Waals surface area contributed by atoms with Crippen molar-refractivity contribution in [1.82, 2.24) is 4.90 Å². The number of hydrogen-bond acceptors (Lipinski definition) is 3. The first-order valence-electron chi connectivity index (χ1n) is 8.62. The van der Waals surface area contributed by atoms with Crippen LogP contribution >= 0.6 is 0 Å². The Morgan fingerprint density at radius 3 is 2.52 bits per heavy atom. The SMILES string of the molecule is CCN(CC)C(=O)C(F)(F)C1=COC(COCc2ccccc2)CC1. The van der Waals surface area contributed by atoms with E-state index in [1.807, 2.05) is 30.3 Å². The van der Waals surface area contributed by atoms with Crippen LogP contribution in [-0.2, 0) is 20.9 Å². The summed E-state index contributed by atoms with van der Waals surface area (Å²) < 4.78 is 39.7. The minimum atomic E-state index is -3.51. The first kappa shape index (κ1) is 19.4. The molecule has 0 radical (unpaired) electrons. The van der Waals surface area contributed by atoms with Crippen molar-refractivity contribution in [1.29, 1.82) is 0 Å². The average Bonchev–Trinajstić information content (AvgIpc) is 2.64. The second-order valence-electron chi connectivity index (χ2n) is 5.99. The van der Waals surface area contributed by atoms with E-state index >= 15 is 0 Å². The van der Waals surface area contributed by atoms with Gasteiger partial charge in [-0.2, -0.15) is 8.78 Å². The third kappa shape index (κ3) is 5.01. The lowest BCUT2D eigenvalue weighted by molar-refractivity contribution is -0.153. The topological polar surface area (TPSA) is 38.8 Å². The second kappa shape index (κ2) is 8.94. The summed E-state index contributed by atoms with van der Waals surface area (Å²) >= 11 is 0. The van der Waals surface area contributed by atoms with E-state index in [0.717, 1.165) is 16.7 Å². The molecule has 1 heterocycles. The summed E-state index contributed by atoms with van der Waals surface area (Å²) in [6, 6.07) is 9.71. The molecule has 1 aromatic rings. The minimum Gasteiger partial charge on any atom is -0.495 e. The standard InChI is InChI=1S/C19H25F2NO3/c1-3-22(4-2)18(23)19(20,21)16-10-11-17(25-13-16)14-24-12-15-8-6-5-7-9-15/h5-9,13,17H,3-4,10-12,14H2,1-2H3. The molecule has 25 heavy (non-hydrogen) atoms. The first-order valence-corrected chi connectivity index (χ1v) is 8.62. The maximum Gasteiger partial charge on any atom is 0.349 e. The molecule has 1 amide bonds. The van der Waals surface area contributed by atoms with E-state index in [2.05, 4.69) is 0 Å². The van der Waals surface area contributed by atoms with E-state index in [9.17, 15) is 13.6 Å². The van der Waals surface area contributed by atoms with Gasteiger partial charge in [0.15, 0.2) is 0 Å². The summed E-state index contributed by atoms with van der Waals surface area (Å²) in [5, 5.41) is 0. The van der Waals surface area contributed by atoms with Gasteiger partial charge in [-0.05, 0) is 32.3 Å². The number of hydrogen-bond donors (Lipinski definition) is 0. The summed E-state index contributed by atoms with van der Waals surface area (Å²) in [4.78, 5) is 13.1. The zero-order valence-corrected chi connectivity index (χ0v) is 14.7. The summed E-state index contributed by atoms with van der Waals surface area (Å²) in [6.45, 7) is 4.67. The van der Waals surface area contributed by atoms with Crippen molar-refractivity contribution in [2.45, 2.75) is 45.3 Å². The highest BCUT2D eigenvalue weighted by Gasteiger charge is 2.46. The Hall–Kier alpha value is -1.95. The quantitative estimate of drug-likeness (QED) is 0.714. The molecule has 0 aliphatic carbocycles. The van der Waals surface area contributed by atoms with Crippen molar-refractivity contribution in [2.24, 2.45) is 0 Å². The zero-order valence-electron chi connectivity index (χ0n) is 14.7. The largest absolute Gasteiger partial charge is 0.495 e. The van der Waals surface area contributed by atoms with E-state index in [1.165, 1.54) is 0 Å². The third-order valence-corrected chi connectivity index (χ3v) is 4.28. The molecule has 1 aliphatic heterocycles. The Morgan fingerprint density at radius 2 is 1.96 bits per heavy atom. The molecule has 138 valence electrons. The fourth-order valence-corrected chi connectivity index (χ4v) is 2.70. The number of halogens is 2. The van der Waals surface area contributed by atoms with E-state index in [0.29, 0.717) is 19.6 Å². The lowest BCUT2D eigenvalue weighted by atomic mass is 9.99. The van der Waals surface area contributed by atoms with Crippen LogP contribution in [0.3, 0.4) is 0 Å². The third-order valence-electron chi connectivity index (χ3n) is 4.28. The fourth-order valence-electron chi connectivity index (χ4n) is 2.70. The molecule has 1 atom stereocenters. The van der Waals surface area contributed by atoms with Gasteiger partial charge in [0, 0.05) is 18.7 Å². The van der Waals surface area contributed by atoms with Crippen molar-refractivity contribution in [3.8, 4) is 0 Å². The van der Waals surface area contributed by atoms with E-state index < -0.39 is 11.8 Å². The highest BCUT2D eigenvalue weighted by Crippen LogP contribution is 2.33. The number of carbonyl (C=O) groups is 1. The van der Waals surface area contributed by atoms with Gasteiger partial charge in [-0.25, -0.2) is 0 Å². The van der Waals surface area contributed by atoms with Gasteiger partial charge >= 0.3 is 5.92 Å². The van der Waals surface area contributed by atoms with Crippen molar-refractivity contribution >= 4 is 5.91 Å². The molecule has 0 spiro atoms. The summed E-state index contributed by atoms with van der Waals surface area (Å²) in [6.07, 6.45) is 1.30. The molecule has 0 fully saturated rings. The van der Waals surface area contributed by atoms with E-state index in [1.54, 1.807) is 13.8 Å². The minimum absolute atomic E-state index is 0.124. The molecular weight excluding hydrogens is 328 g/mol. The number of rotatable bonds is 8. The van der Waals surface area contributed by atoms with Crippen LogP contribution in [0.25, 0.3) is 0 Å². The van der Waals surface area contributed by atoms with Crippen LogP contribution in [0.4, 0.5) is 8.78 Å². The molecule has 0 bridgehead atoms. The van der Waals surface area contributed by atoms with Gasteiger partial charge in [0.1, 0.15) is 6.10 Å². The average molecular weight is 353 g/mol. The van der Waals surface area contributed by atoms with Crippen LogP contribution in [-0.4, -0.2) is 42.5 Å². The molecule has 2 rings (SSSR count). The normalized spacial score (nSPS) is 17.6. The number of nitrogens with zero attached hydrogens (tertiary/aromatic N) is 1. The monoisotopic (exact) mass is 353 g/mol. The zero-order chi connectivity index (χ0) is 18.3. The van der Waals surface area contributed by atoms with Crippen molar-refractivity contribution in [3.63, 3.8) is 0 Å². The fraction of sp³-hybridized carbons (Fsp3) is 0.526. The van der Waals surface area contributed by atoms with E-state index in [-0.39, 0.29) is 31.2 Å². The van der Waals surface area contributed by atoms with Gasteiger partial charge in [0.2, 0.25) is 0 Å². The molecule has 0 aromatic heterocycles. The number of benzene rings is 1. The molecule has 4 nitrogen and oxygen atoms in total. The van der Waals surface area contributed by atoms with Gasteiger partial charge in [0.25, 0.3) is 5.91 Å². The highest BCUT2D eigenvalue weighted by atomic mass is 19.3. The van der Waals surface area contributed by atoms with Crippen LogP contribution in [0, 0.1) is 0 Å². The van der Waals surface area contributed by atoms with Crippen molar-refractivity contribution in [2.75, 3.05) is 19.7 Å². The molecule has 1 aliphatic rings. The lowest BCUT2D eigenvalue weighted by Gasteiger charge is -2.29. The van der Waals surface area contributed by atoms with Gasteiger partial charge < -0.3 is 14.4 Å². The number of amides is 1. The molecule has 0 saturated heterocycles. The molecular formula is C19H25F2NO3. The van der Waals surface area contributed by atoms with Crippen LogP contribution in [0.1, 0.15) is 32.3 Å². The van der Waals surface area contributed by atoms with Gasteiger partial charge in [0.05, 0.1) is 19.5 Å². The lowest BCUT2D eigenvalue weighted by Crippen LogP contribution is -2.45. The van der Waals surface area contributed by atoms with Crippen LogP contribution < -0.4 is 0 Å². The predicted molar refractivity (Wildman–Crippen MR) is 91.2 cm³/mol. The number of alkyl halides is 2. The molecule has 0 N–H and O–H groups in total. The Balaban J connectivity index is 1.85. The molecule has 0 saturated carbocycles. The number of carbonyl (C=O) groups excluding carboxylic acids is 1. The summed E-state index contributed by atoms with van der Waals surface area (Å²) in [5.41, 5.74) is 0.787. The van der Waals surface area contributed by atoms with Gasteiger partial charge in [-0.1, -0.05) is 30.3 Å². The van der Waals surface area contributed by atoms with Crippen LogP contribution in [0.2, 0.25) is 0 Å². The maximum atomic E-state index is 14.4. The Morgan fingerprint density at radius 1 is 1.28 bits per heavy atom. The van der Waals surface area contributed by atoms with Crippen LogP contribution in [0.15, 0.2) is 42.2 Å². The molecule has 1 unspecified atom stereocenters. The highest BCUT2D eigenvalue weighted by molar-refractivity contribution is 5.86. The number of ether oxygens (including phenoxy) is 2. The Labute approximate surface area is 147 Å². The smallest absolute Gasteiger partial charge is 0.349 e. The van der Waals surface area contributed by atoms with Crippen molar-refractivity contribution in [3.05, 3.63) is 47.7 Å². The van der Waals surface area contributed by atoms with Crippen molar-refractivity contribution < 1.29 is 23.0 Å². The maximum absolute atomic E-state index is 14.4. The predicted octanol–water partition coefficient (Wildman–Crippen LogP) is 3.77. The molecule has 1 aromatic carbocycles. The molecule has 6 heteroatoms. The van der Waals surface area contributed by atoms with E-state index in [4.69, 9.17) is 9.47 Å². The second-order valence-corrected chi connectivity index (χ2v) is 5.99. The van der Waals surface area contributed by atoms with Gasteiger partial charge in [-0.15, -0.1) is 0 Å². The van der Waals surface area contributed by atoms with Crippen LogP contribution in [0.5, 0.6) is 0 Å². The van der Waals surface area contributed by atoms with Gasteiger partial charge in [-0.3, -0.25) is 4.79 Å².